The predicted molar refractivity (Wildman–Crippen MR) is 73.5 cm³/mol. The van der Waals surface area contributed by atoms with Gasteiger partial charge in [-0.1, -0.05) is 18.2 Å². The Morgan fingerprint density at radius 3 is 2.53 bits per heavy atom. The summed E-state index contributed by atoms with van der Waals surface area (Å²) in [6, 6.07) is 8.76. The second-order valence-electron chi connectivity index (χ2n) is 4.81. The zero-order chi connectivity index (χ0) is 12.1. The van der Waals surface area contributed by atoms with Crippen molar-refractivity contribution in [2.75, 3.05) is 44.7 Å². The van der Waals surface area contributed by atoms with Crippen LogP contribution in [0, 0.1) is 0 Å². The summed E-state index contributed by atoms with van der Waals surface area (Å²) in [6.07, 6.45) is 2.17. The van der Waals surface area contributed by atoms with Crippen LogP contribution in [0.5, 0.6) is 0 Å². The first-order valence-corrected chi connectivity index (χ1v) is 6.52. The van der Waals surface area contributed by atoms with E-state index in [4.69, 9.17) is 5.73 Å². The zero-order valence-electron chi connectivity index (χ0n) is 10.7. The summed E-state index contributed by atoms with van der Waals surface area (Å²) in [4.78, 5) is 4.89. The molecule has 0 aliphatic carbocycles. The molecule has 94 valence electrons. The molecule has 0 atom stereocenters. The minimum atomic E-state index is 0.775. The molecule has 17 heavy (non-hydrogen) atoms. The van der Waals surface area contributed by atoms with Gasteiger partial charge in [0.05, 0.1) is 0 Å². The van der Waals surface area contributed by atoms with Crippen LogP contribution in [-0.4, -0.2) is 44.7 Å². The summed E-state index contributed by atoms with van der Waals surface area (Å²) in [5.74, 6) is 0. The van der Waals surface area contributed by atoms with Crippen molar-refractivity contribution in [1.29, 1.82) is 0 Å². The molecule has 1 aliphatic rings. The van der Waals surface area contributed by atoms with Crippen LogP contribution in [0.15, 0.2) is 24.3 Å². The monoisotopic (exact) mass is 233 g/mol. The number of rotatable bonds is 4. The number of aryl methyl sites for hydroxylation is 1. The second kappa shape index (κ2) is 6.03. The molecule has 3 heteroatoms. The minimum Gasteiger partial charge on any atom is -0.369 e. The number of anilines is 1. The van der Waals surface area contributed by atoms with Crippen LogP contribution in [0.1, 0.15) is 12.0 Å². The largest absolute Gasteiger partial charge is 0.369 e. The van der Waals surface area contributed by atoms with E-state index in [1.54, 1.807) is 0 Å². The molecule has 0 saturated carbocycles. The van der Waals surface area contributed by atoms with Gasteiger partial charge in [0.15, 0.2) is 0 Å². The Labute approximate surface area is 104 Å². The van der Waals surface area contributed by atoms with E-state index in [2.05, 4.69) is 41.1 Å². The molecule has 2 N–H and O–H groups in total. The third-order valence-electron chi connectivity index (χ3n) is 3.49. The van der Waals surface area contributed by atoms with Crippen molar-refractivity contribution >= 4 is 5.69 Å². The fraction of sp³-hybridized carbons (Fsp3) is 0.571. The van der Waals surface area contributed by atoms with E-state index < -0.39 is 0 Å². The summed E-state index contributed by atoms with van der Waals surface area (Å²) in [7, 11) is 2.19. The fourth-order valence-electron chi connectivity index (χ4n) is 2.37. The Morgan fingerprint density at radius 1 is 1.12 bits per heavy atom. The Balaban J connectivity index is 2.08. The first-order valence-electron chi connectivity index (χ1n) is 6.52. The van der Waals surface area contributed by atoms with E-state index >= 15 is 0 Å². The molecule has 3 nitrogen and oxygen atoms in total. The normalized spacial score (nSPS) is 17.4. The number of piperazine rings is 1. The summed E-state index contributed by atoms with van der Waals surface area (Å²) < 4.78 is 0. The fourth-order valence-corrected chi connectivity index (χ4v) is 2.37. The Hall–Kier alpha value is -1.06. The first-order chi connectivity index (χ1) is 8.31. The second-order valence-corrected chi connectivity index (χ2v) is 4.81. The third-order valence-corrected chi connectivity index (χ3v) is 3.49. The molecule has 0 spiro atoms. The van der Waals surface area contributed by atoms with Crippen molar-refractivity contribution in [3.05, 3.63) is 29.8 Å². The quantitative estimate of drug-likeness (QED) is 0.851. The van der Waals surface area contributed by atoms with Gasteiger partial charge in [-0.2, -0.15) is 0 Å². The highest BCUT2D eigenvalue weighted by molar-refractivity contribution is 5.54. The maximum atomic E-state index is 5.60. The number of likely N-dealkylation sites (N-methyl/N-ethyl adjacent to an activating group) is 1. The van der Waals surface area contributed by atoms with Crippen LogP contribution in [0.3, 0.4) is 0 Å². The van der Waals surface area contributed by atoms with Gasteiger partial charge < -0.3 is 15.5 Å². The lowest BCUT2D eigenvalue weighted by Crippen LogP contribution is -2.44. The smallest absolute Gasteiger partial charge is 0.0399 e. The lowest BCUT2D eigenvalue weighted by atomic mass is 10.1. The van der Waals surface area contributed by atoms with Crippen LogP contribution in [-0.2, 0) is 6.42 Å². The first kappa shape index (κ1) is 12.4. The van der Waals surface area contributed by atoms with Crippen LogP contribution < -0.4 is 10.6 Å². The molecule has 2 rings (SSSR count). The zero-order valence-corrected chi connectivity index (χ0v) is 10.7. The lowest BCUT2D eigenvalue weighted by molar-refractivity contribution is 0.312. The molecule has 1 aliphatic heterocycles. The molecular formula is C14H23N3. The number of hydrogen-bond donors (Lipinski definition) is 1. The van der Waals surface area contributed by atoms with E-state index in [-0.39, 0.29) is 0 Å². The van der Waals surface area contributed by atoms with Crippen LogP contribution >= 0.6 is 0 Å². The van der Waals surface area contributed by atoms with Gasteiger partial charge in [0.2, 0.25) is 0 Å². The van der Waals surface area contributed by atoms with Crippen molar-refractivity contribution in [3.63, 3.8) is 0 Å². The predicted octanol–water partition coefficient (Wildman–Crippen LogP) is 1.33. The van der Waals surface area contributed by atoms with E-state index in [1.807, 2.05) is 0 Å². The topological polar surface area (TPSA) is 32.5 Å². The van der Waals surface area contributed by atoms with Gasteiger partial charge >= 0.3 is 0 Å². The van der Waals surface area contributed by atoms with Crippen molar-refractivity contribution in [1.82, 2.24) is 4.90 Å². The molecule has 0 unspecified atom stereocenters. The van der Waals surface area contributed by atoms with Gasteiger partial charge in [-0.05, 0) is 38.1 Å². The minimum absolute atomic E-state index is 0.775. The lowest BCUT2D eigenvalue weighted by Gasteiger charge is -2.35. The van der Waals surface area contributed by atoms with Gasteiger partial charge in [-0.15, -0.1) is 0 Å². The average molecular weight is 233 g/mol. The van der Waals surface area contributed by atoms with E-state index in [0.29, 0.717) is 0 Å². The molecule has 0 aromatic heterocycles. The molecule has 1 heterocycles. The van der Waals surface area contributed by atoms with Gasteiger partial charge in [0.25, 0.3) is 0 Å². The number of nitrogens with zero attached hydrogens (tertiary/aromatic N) is 2. The average Bonchev–Trinajstić information content (AvgIpc) is 2.38. The van der Waals surface area contributed by atoms with Gasteiger partial charge in [-0.25, -0.2) is 0 Å². The van der Waals surface area contributed by atoms with Gasteiger partial charge in [-0.3, -0.25) is 0 Å². The Bertz CT molecular complexity index is 343. The number of para-hydroxylation sites is 1. The van der Waals surface area contributed by atoms with E-state index in [1.165, 1.54) is 11.3 Å². The van der Waals surface area contributed by atoms with Crippen LogP contribution in [0.2, 0.25) is 0 Å². The van der Waals surface area contributed by atoms with Crippen molar-refractivity contribution in [2.45, 2.75) is 12.8 Å². The molecular weight excluding hydrogens is 210 g/mol. The van der Waals surface area contributed by atoms with Crippen molar-refractivity contribution < 1.29 is 0 Å². The molecule has 0 amide bonds. The summed E-state index contributed by atoms with van der Waals surface area (Å²) in [5.41, 5.74) is 8.46. The third kappa shape index (κ3) is 3.20. The van der Waals surface area contributed by atoms with Crippen molar-refractivity contribution in [2.24, 2.45) is 5.73 Å². The van der Waals surface area contributed by atoms with Crippen LogP contribution in [0.4, 0.5) is 5.69 Å². The maximum absolute atomic E-state index is 5.60. The summed E-state index contributed by atoms with van der Waals surface area (Å²) in [5, 5.41) is 0. The maximum Gasteiger partial charge on any atom is 0.0399 e. The SMILES string of the molecule is CN1CCN(c2ccccc2CCCN)CC1. The highest BCUT2D eigenvalue weighted by atomic mass is 15.2. The molecule has 0 radical (unpaired) electrons. The van der Waals surface area contributed by atoms with Crippen molar-refractivity contribution in [3.8, 4) is 0 Å². The molecule has 0 bridgehead atoms. The number of nitrogens with two attached hydrogens (primary N) is 1. The summed E-state index contributed by atoms with van der Waals surface area (Å²) >= 11 is 0. The van der Waals surface area contributed by atoms with Gasteiger partial charge in [0.1, 0.15) is 0 Å². The Morgan fingerprint density at radius 2 is 1.82 bits per heavy atom. The molecule has 1 aromatic carbocycles. The highest BCUT2D eigenvalue weighted by Gasteiger charge is 2.16. The Kier molecular flexibility index (Phi) is 4.40. The van der Waals surface area contributed by atoms with E-state index in [9.17, 15) is 0 Å². The van der Waals surface area contributed by atoms with Gasteiger partial charge in [0, 0.05) is 31.9 Å². The summed E-state index contributed by atoms with van der Waals surface area (Å²) in [6.45, 7) is 5.36. The number of benzene rings is 1. The molecule has 1 fully saturated rings. The van der Waals surface area contributed by atoms with E-state index in [0.717, 1.165) is 45.6 Å². The highest BCUT2D eigenvalue weighted by Crippen LogP contribution is 2.22. The van der Waals surface area contributed by atoms with Crippen LogP contribution in [0.25, 0.3) is 0 Å². The number of hydrogen-bond acceptors (Lipinski definition) is 3. The molecule has 1 aromatic rings. The molecule has 1 saturated heterocycles. The standard InChI is InChI=1S/C14H23N3/c1-16-9-11-17(12-10-16)14-7-3-2-5-13(14)6-4-8-15/h2-3,5,7H,4,6,8-12,15H2,1H3.